The van der Waals surface area contributed by atoms with Gasteiger partial charge in [-0.2, -0.15) is 0 Å². The van der Waals surface area contributed by atoms with Gasteiger partial charge in [0.2, 0.25) is 0 Å². The van der Waals surface area contributed by atoms with E-state index in [9.17, 15) is 14.9 Å². The van der Waals surface area contributed by atoms with Gasteiger partial charge in [0.1, 0.15) is 5.78 Å². The predicted octanol–water partition coefficient (Wildman–Crippen LogP) is 2.99. The summed E-state index contributed by atoms with van der Waals surface area (Å²) in [4.78, 5) is 21.8. The van der Waals surface area contributed by atoms with Gasteiger partial charge >= 0.3 is 0 Å². The summed E-state index contributed by atoms with van der Waals surface area (Å²) < 4.78 is 0. The molecule has 0 aliphatic heterocycles. The number of nitro groups is 1. The molecule has 0 radical (unpaired) electrons. The van der Waals surface area contributed by atoms with Gasteiger partial charge in [-0.3, -0.25) is 14.9 Å². The molecule has 1 fully saturated rings. The Morgan fingerprint density at radius 3 is 2.71 bits per heavy atom. The quantitative estimate of drug-likeness (QED) is 0.595. The fraction of sp³-hybridized carbons (Fsp3) is 0.462. The molecular weight excluding hydrogens is 218 g/mol. The molecule has 0 amide bonds. The Hall–Kier alpha value is -1.71. The van der Waals surface area contributed by atoms with Gasteiger partial charge < -0.3 is 0 Å². The molecule has 1 aliphatic carbocycles. The van der Waals surface area contributed by atoms with E-state index in [1.807, 2.05) is 13.8 Å². The zero-order valence-electron chi connectivity index (χ0n) is 9.97. The van der Waals surface area contributed by atoms with Crippen LogP contribution in [0.1, 0.15) is 36.8 Å². The molecule has 2 unspecified atom stereocenters. The lowest BCUT2D eigenvalue weighted by molar-refractivity contribution is -0.385. The number of hydrogen-bond acceptors (Lipinski definition) is 3. The molecule has 1 aromatic rings. The highest BCUT2D eigenvalue weighted by Gasteiger charge is 2.40. The molecule has 1 saturated carbocycles. The highest BCUT2D eigenvalue weighted by atomic mass is 16.6. The number of carbonyl (C=O) groups is 1. The summed E-state index contributed by atoms with van der Waals surface area (Å²) in [7, 11) is 0. The Morgan fingerprint density at radius 1 is 1.47 bits per heavy atom. The molecule has 0 saturated heterocycles. The van der Waals surface area contributed by atoms with Crippen LogP contribution in [0.2, 0.25) is 0 Å². The SMILES string of the molecule is CCC1C(=O)CC1c1cc([N+](=O)[O-])ccc1C. The maximum atomic E-state index is 11.4. The average Bonchev–Trinajstić information content (AvgIpc) is 2.27. The van der Waals surface area contributed by atoms with Crippen molar-refractivity contribution < 1.29 is 9.72 Å². The monoisotopic (exact) mass is 233 g/mol. The third-order valence-electron chi connectivity index (χ3n) is 3.63. The molecule has 90 valence electrons. The largest absolute Gasteiger partial charge is 0.299 e. The van der Waals surface area contributed by atoms with Gasteiger partial charge in [0.15, 0.2) is 0 Å². The maximum absolute atomic E-state index is 11.4. The van der Waals surface area contributed by atoms with Gasteiger partial charge in [0.05, 0.1) is 4.92 Å². The van der Waals surface area contributed by atoms with Crippen molar-refractivity contribution in [2.24, 2.45) is 5.92 Å². The van der Waals surface area contributed by atoms with E-state index < -0.39 is 0 Å². The van der Waals surface area contributed by atoms with Crippen molar-refractivity contribution in [3.63, 3.8) is 0 Å². The number of nitrogens with zero attached hydrogens (tertiary/aromatic N) is 1. The first kappa shape index (κ1) is 11.8. The number of Topliss-reactive ketones (excluding diaryl/α,β-unsaturated/α-hetero) is 1. The highest BCUT2D eigenvalue weighted by molar-refractivity contribution is 5.89. The van der Waals surface area contributed by atoms with Crippen molar-refractivity contribution in [3.8, 4) is 0 Å². The Labute approximate surface area is 99.8 Å². The van der Waals surface area contributed by atoms with E-state index in [0.717, 1.165) is 17.5 Å². The minimum atomic E-state index is -0.385. The second kappa shape index (κ2) is 4.28. The molecular formula is C13H15NO3. The summed E-state index contributed by atoms with van der Waals surface area (Å²) >= 11 is 0. The summed E-state index contributed by atoms with van der Waals surface area (Å²) in [5.74, 6) is 0.506. The van der Waals surface area contributed by atoms with Crippen molar-refractivity contribution in [1.29, 1.82) is 0 Å². The van der Waals surface area contributed by atoms with Crippen LogP contribution in [0.15, 0.2) is 18.2 Å². The van der Waals surface area contributed by atoms with Crippen molar-refractivity contribution >= 4 is 11.5 Å². The molecule has 2 rings (SSSR count). The fourth-order valence-corrected chi connectivity index (χ4v) is 2.55. The lowest BCUT2D eigenvalue weighted by atomic mass is 9.67. The first-order valence-electron chi connectivity index (χ1n) is 5.82. The number of carbonyl (C=O) groups excluding carboxylic acids is 1. The summed E-state index contributed by atoms with van der Waals surface area (Å²) in [6.45, 7) is 3.93. The minimum Gasteiger partial charge on any atom is -0.299 e. The van der Waals surface area contributed by atoms with Gasteiger partial charge in [-0.05, 0) is 24.5 Å². The van der Waals surface area contributed by atoms with Gasteiger partial charge in [-0.1, -0.05) is 13.0 Å². The third kappa shape index (κ3) is 1.95. The summed E-state index contributed by atoms with van der Waals surface area (Å²) in [5, 5.41) is 10.7. The summed E-state index contributed by atoms with van der Waals surface area (Å²) in [6.07, 6.45) is 1.34. The minimum absolute atomic E-state index is 0.0516. The first-order valence-corrected chi connectivity index (χ1v) is 5.82. The van der Waals surface area contributed by atoms with Gasteiger partial charge in [0.25, 0.3) is 5.69 Å². The number of hydrogen-bond donors (Lipinski definition) is 0. The molecule has 4 heteroatoms. The van der Waals surface area contributed by atoms with Crippen LogP contribution in [-0.2, 0) is 4.79 Å². The number of rotatable bonds is 3. The molecule has 4 nitrogen and oxygen atoms in total. The van der Waals surface area contributed by atoms with Crippen molar-refractivity contribution in [2.45, 2.75) is 32.6 Å². The van der Waals surface area contributed by atoms with Crippen LogP contribution in [0, 0.1) is 23.0 Å². The lowest BCUT2D eigenvalue weighted by Gasteiger charge is -2.35. The van der Waals surface area contributed by atoms with Gasteiger partial charge in [0, 0.05) is 30.4 Å². The Bertz CT molecular complexity index is 482. The summed E-state index contributed by atoms with van der Waals surface area (Å²) in [5.41, 5.74) is 2.11. The highest BCUT2D eigenvalue weighted by Crippen LogP contribution is 2.43. The molecule has 0 bridgehead atoms. The molecule has 0 spiro atoms. The van der Waals surface area contributed by atoms with Crippen molar-refractivity contribution in [2.75, 3.05) is 0 Å². The van der Waals surface area contributed by atoms with Crippen LogP contribution >= 0.6 is 0 Å². The van der Waals surface area contributed by atoms with Gasteiger partial charge in [-0.15, -0.1) is 0 Å². The standard InChI is InChI=1S/C13H15NO3/c1-3-10-12(7-13(10)15)11-6-9(14(16)17)5-4-8(11)2/h4-6,10,12H,3,7H2,1-2H3. The average molecular weight is 233 g/mol. The molecule has 1 aromatic carbocycles. The molecule has 0 N–H and O–H groups in total. The van der Waals surface area contributed by atoms with Crippen LogP contribution in [-0.4, -0.2) is 10.7 Å². The van der Waals surface area contributed by atoms with E-state index >= 15 is 0 Å². The van der Waals surface area contributed by atoms with E-state index in [1.165, 1.54) is 6.07 Å². The van der Waals surface area contributed by atoms with Crippen molar-refractivity contribution in [3.05, 3.63) is 39.4 Å². The number of nitro benzene ring substituents is 1. The lowest BCUT2D eigenvalue weighted by Crippen LogP contribution is -2.35. The van der Waals surface area contributed by atoms with Crippen molar-refractivity contribution in [1.82, 2.24) is 0 Å². The maximum Gasteiger partial charge on any atom is 0.269 e. The molecule has 0 heterocycles. The normalized spacial score (nSPS) is 23.3. The Kier molecular flexibility index (Phi) is 2.96. The molecule has 2 atom stereocenters. The zero-order chi connectivity index (χ0) is 12.6. The van der Waals surface area contributed by atoms with Crippen LogP contribution < -0.4 is 0 Å². The van der Waals surface area contributed by atoms with E-state index in [1.54, 1.807) is 12.1 Å². The van der Waals surface area contributed by atoms with E-state index in [-0.39, 0.29) is 28.2 Å². The van der Waals surface area contributed by atoms with E-state index in [0.29, 0.717) is 6.42 Å². The first-order chi connectivity index (χ1) is 8.04. The second-order valence-corrected chi connectivity index (χ2v) is 4.59. The molecule has 17 heavy (non-hydrogen) atoms. The molecule has 0 aromatic heterocycles. The van der Waals surface area contributed by atoms with Crippen LogP contribution in [0.25, 0.3) is 0 Å². The van der Waals surface area contributed by atoms with Gasteiger partial charge in [-0.25, -0.2) is 0 Å². The van der Waals surface area contributed by atoms with E-state index in [4.69, 9.17) is 0 Å². The Balaban J connectivity index is 2.35. The van der Waals surface area contributed by atoms with Crippen LogP contribution in [0.3, 0.4) is 0 Å². The molecule has 1 aliphatic rings. The van der Waals surface area contributed by atoms with E-state index in [2.05, 4.69) is 0 Å². The Morgan fingerprint density at radius 2 is 2.18 bits per heavy atom. The number of aryl methyl sites for hydroxylation is 1. The third-order valence-corrected chi connectivity index (χ3v) is 3.63. The second-order valence-electron chi connectivity index (χ2n) is 4.59. The summed E-state index contributed by atoms with van der Waals surface area (Å²) in [6, 6.07) is 4.90. The predicted molar refractivity (Wildman–Crippen MR) is 64.0 cm³/mol. The number of non-ortho nitro benzene ring substituents is 1. The topological polar surface area (TPSA) is 60.2 Å². The number of benzene rings is 1. The zero-order valence-corrected chi connectivity index (χ0v) is 9.97. The fourth-order valence-electron chi connectivity index (χ4n) is 2.55. The van der Waals surface area contributed by atoms with Crippen LogP contribution in [0.5, 0.6) is 0 Å². The number of ketones is 1. The smallest absolute Gasteiger partial charge is 0.269 e. The van der Waals surface area contributed by atoms with Crippen LogP contribution in [0.4, 0.5) is 5.69 Å².